The van der Waals surface area contributed by atoms with E-state index in [0.29, 0.717) is 38.3 Å². The highest BCUT2D eigenvalue weighted by Gasteiger charge is 2.33. The van der Waals surface area contributed by atoms with Crippen LogP contribution in [-0.4, -0.2) is 61.8 Å². The second-order valence-corrected chi connectivity index (χ2v) is 10.6. The SMILES string of the molecule is CCN(CC)S(=O)(=O)c1ccc(S(=O)(=O)N2CCC[C@@H](c3noc(=O)[nH]3)C2)cc1. The number of hydrogen-bond donors (Lipinski definition) is 1. The zero-order chi connectivity index (χ0) is 21.2. The van der Waals surface area contributed by atoms with Crippen LogP contribution in [0.2, 0.25) is 0 Å². The summed E-state index contributed by atoms with van der Waals surface area (Å²) < 4.78 is 58.4. The third-order valence-electron chi connectivity index (χ3n) is 5.03. The van der Waals surface area contributed by atoms with E-state index in [1.807, 2.05) is 0 Å². The first-order valence-electron chi connectivity index (χ1n) is 9.36. The quantitative estimate of drug-likeness (QED) is 0.672. The van der Waals surface area contributed by atoms with Crippen molar-refractivity contribution in [3.63, 3.8) is 0 Å². The third kappa shape index (κ3) is 4.29. The van der Waals surface area contributed by atoms with Gasteiger partial charge in [-0.15, -0.1) is 0 Å². The molecule has 0 amide bonds. The lowest BCUT2D eigenvalue weighted by Crippen LogP contribution is -2.39. The molecule has 1 atom stereocenters. The molecular formula is C17H24N4O6S2. The van der Waals surface area contributed by atoms with Gasteiger partial charge in [0.1, 0.15) is 0 Å². The fourth-order valence-electron chi connectivity index (χ4n) is 3.45. The molecule has 160 valence electrons. The molecule has 29 heavy (non-hydrogen) atoms. The highest BCUT2D eigenvalue weighted by atomic mass is 32.2. The third-order valence-corrected chi connectivity index (χ3v) is 8.98. The summed E-state index contributed by atoms with van der Waals surface area (Å²) in [4.78, 5) is 13.7. The van der Waals surface area contributed by atoms with Crippen LogP contribution in [0.3, 0.4) is 0 Å². The zero-order valence-corrected chi connectivity index (χ0v) is 17.9. The van der Waals surface area contributed by atoms with E-state index >= 15 is 0 Å². The first-order valence-corrected chi connectivity index (χ1v) is 12.2. The van der Waals surface area contributed by atoms with Gasteiger partial charge in [0, 0.05) is 32.1 Å². The van der Waals surface area contributed by atoms with Crippen LogP contribution < -0.4 is 5.76 Å². The molecule has 1 N–H and O–H groups in total. The minimum atomic E-state index is -3.82. The topological polar surface area (TPSA) is 134 Å². The second-order valence-electron chi connectivity index (χ2n) is 6.74. The first-order chi connectivity index (χ1) is 13.7. The molecule has 0 radical (unpaired) electrons. The molecule has 10 nitrogen and oxygen atoms in total. The number of benzene rings is 1. The highest BCUT2D eigenvalue weighted by molar-refractivity contribution is 7.89. The zero-order valence-electron chi connectivity index (χ0n) is 16.2. The summed E-state index contributed by atoms with van der Waals surface area (Å²) in [7, 11) is -7.47. The number of hydrogen-bond acceptors (Lipinski definition) is 7. The minimum absolute atomic E-state index is 0.0188. The van der Waals surface area contributed by atoms with E-state index < -0.39 is 25.8 Å². The van der Waals surface area contributed by atoms with Gasteiger partial charge < -0.3 is 0 Å². The van der Waals surface area contributed by atoms with Gasteiger partial charge in [0.15, 0.2) is 5.82 Å². The molecule has 1 fully saturated rings. The van der Waals surface area contributed by atoms with Crippen LogP contribution in [0.4, 0.5) is 0 Å². The lowest BCUT2D eigenvalue weighted by atomic mass is 9.99. The highest BCUT2D eigenvalue weighted by Crippen LogP contribution is 2.29. The van der Waals surface area contributed by atoms with Gasteiger partial charge in [0.2, 0.25) is 20.0 Å². The van der Waals surface area contributed by atoms with E-state index in [0.717, 1.165) is 0 Å². The molecule has 0 saturated carbocycles. The first kappa shape index (κ1) is 21.7. The number of aromatic nitrogens is 2. The van der Waals surface area contributed by atoms with Crippen molar-refractivity contribution < 1.29 is 21.4 Å². The summed E-state index contributed by atoms with van der Waals surface area (Å²) in [5, 5.41) is 3.66. The number of H-pyrrole nitrogens is 1. The van der Waals surface area contributed by atoms with Crippen molar-refractivity contribution >= 4 is 20.0 Å². The van der Waals surface area contributed by atoms with E-state index in [9.17, 15) is 21.6 Å². The molecule has 0 spiro atoms. The Morgan fingerprint density at radius 1 is 1.14 bits per heavy atom. The molecule has 1 saturated heterocycles. The summed E-state index contributed by atoms with van der Waals surface area (Å²) in [5.41, 5.74) is 0. The molecule has 1 aromatic heterocycles. The number of rotatable bonds is 7. The molecule has 1 aliphatic heterocycles. The fourth-order valence-corrected chi connectivity index (χ4v) is 6.43. The maximum atomic E-state index is 13.0. The molecule has 0 bridgehead atoms. The standard InChI is InChI=1S/C17H24N4O6S2/c1-3-20(4-2)28(23,24)14-7-9-15(10-8-14)29(25,26)21-11-5-6-13(12-21)16-18-17(22)27-19-16/h7-10,13H,3-6,11-12H2,1-2H3,(H,18,19,22)/t13-/m1/s1. The van der Waals surface area contributed by atoms with Crippen molar-refractivity contribution in [2.75, 3.05) is 26.2 Å². The summed E-state index contributed by atoms with van der Waals surface area (Å²) in [6.07, 6.45) is 1.28. The van der Waals surface area contributed by atoms with E-state index in [2.05, 4.69) is 14.7 Å². The number of sulfonamides is 2. The summed E-state index contributed by atoms with van der Waals surface area (Å²) in [5.74, 6) is -0.618. The van der Waals surface area contributed by atoms with Gasteiger partial charge in [-0.1, -0.05) is 19.0 Å². The molecule has 0 aliphatic carbocycles. The Labute approximate surface area is 169 Å². The Balaban J connectivity index is 1.83. The molecule has 1 aliphatic rings. The molecule has 2 aromatic rings. The average Bonchev–Trinajstić information content (AvgIpc) is 3.15. The van der Waals surface area contributed by atoms with Gasteiger partial charge in [0.05, 0.1) is 9.79 Å². The minimum Gasteiger partial charge on any atom is -0.296 e. The van der Waals surface area contributed by atoms with Gasteiger partial charge >= 0.3 is 5.76 Å². The lowest BCUT2D eigenvalue weighted by Gasteiger charge is -2.30. The van der Waals surface area contributed by atoms with Crippen molar-refractivity contribution in [1.29, 1.82) is 0 Å². The van der Waals surface area contributed by atoms with Crippen molar-refractivity contribution in [2.45, 2.75) is 42.4 Å². The summed E-state index contributed by atoms with van der Waals surface area (Å²) in [6, 6.07) is 5.26. The van der Waals surface area contributed by atoms with Crippen molar-refractivity contribution in [1.82, 2.24) is 18.8 Å². The average molecular weight is 445 g/mol. The second kappa shape index (κ2) is 8.38. The molecule has 1 aromatic carbocycles. The fraction of sp³-hybridized carbons (Fsp3) is 0.529. The van der Waals surface area contributed by atoms with Crippen molar-refractivity contribution in [3.05, 3.63) is 40.6 Å². The molecule has 0 unspecified atom stereocenters. The smallest absolute Gasteiger partial charge is 0.296 e. The molecular weight excluding hydrogens is 420 g/mol. The van der Waals surface area contributed by atoms with Crippen LogP contribution in [0.1, 0.15) is 38.4 Å². The maximum Gasteiger partial charge on any atom is 0.438 e. The van der Waals surface area contributed by atoms with Gasteiger partial charge in [0.25, 0.3) is 0 Å². The van der Waals surface area contributed by atoms with Gasteiger partial charge in [-0.05, 0) is 37.1 Å². The van der Waals surface area contributed by atoms with Crippen LogP contribution in [-0.2, 0) is 20.0 Å². The Bertz CT molecular complexity index is 1100. The van der Waals surface area contributed by atoms with Gasteiger partial charge in [-0.2, -0.15) is 8.61 Å². The van der Waals surface area contributed by atoms with Gasteiger partial charge in [-0.3, -0.25) is 9.51 Å². The Morgan fingerprint density at radius 3 is 2.31 bits per heavy atom. The van der Waals surface area contributed by atoms with Crippen LogP contribution >= 0.6 is 0 Å². The van der Waals surface area contributed by atoms with E-state index in [4.69, 9.17) is 0 Å². The Morgan fingerprint density at radius 2 is 1.76 bits per heavy atom. The van der Waals surface area contributed by atoms with Crippen molar-refractivity contribution in [2.24, 2.45) is 0 Å². The lowest BCUT2D eigenvalue weighted by molar-refractivity contribution is 0.300. The predicted molar refractivity (Wildman–Crippen MR) is 104 cm³/mol. The van der Waals surface area contributed by atoms with Crippen molar-refractivity contribution in [3.8, 4) is 0 Å². The van der Waals surface area contributed by atoms with Crippen LogP contribution in [0.15, 0.2) is 43.4 Å². The molecule has 2 heterocycles. The Hall–Kier alpha value is -2.02. The maximum absolute atomic E-state index is 13.0. The predicted octanol–water partition coefficient (Wildman–Crippen LogP) is 0.962. The van der Waals surface area contributed by atoms with Gasteiger partial charge in [-0.25, -0.2) is 21.6 Å². The van der Waals surface area contributed by atoms with Crippen LogP contribution in [0.5, 0.6) is 0 Å². The number of nitrogens with zero attached hydrogens (tertiary/aromatic N) is 3. The Kier molecular flexibility index (Phi) is 6.27. The van der Waals surface area contributed by atoms with E-state index in [-0.39, 0.29) is 22.3 Å². The molecule has 12 heteroatoms. The monoisotopic (exact) mass is 444 g/mol. The van der Waals surface area contributed by atoms with E-state index in [1.54, 1.807) is 13.8 Å². The normalized spacial score (nSPS) is 18.9. The van der Waals surface area contributed by atoms with Crippen LogP contribution in [0.25, 0.3) is 0 Å². The van der Waals surface area contributed by atoms with E-state index in [1.165, 1.54) is 32.9 Å². The number of aromatic amines is 1. The number of nitrogens with one attached hydrogen (secondary N) is 1. The van der Waals surface area contributed by atoms with Crippen LogP contribution in [0, 0.1) is 0 Å². The largest absolute Gasteiger partial charge is 0.438 e. The summed E-state index contributed by atoms with van der Waals surface area (Å²) >= 11 is 0. The summed E-state index contributed by atoms with van der Waals surface area (Å²) in [6.45, 7) is 4.64. The number of piperidine rings is 1. The molecule has 3 rings (SSSR count).